The molecule has 0 aliphatic carbocycles. The Balaban J connectivity index is 2.31. The highest BCUT2D eigenvalue weighted by molar-refractivity contribution is 5.39. The molecule has 3 nitrogen and oxygen atoms in total. The van der Waals surface area contributed by atoms with Gasteiger partial charge in [0.2, 0.25) is 0 Å². The molecule has 0 spiro atoms. The Bertz CT molecular complexity index is 326. The number of methoxy groups -OCH3 is 1. The maximum atomic E-state index is 5.67. The number of hydrogen-bond donors (Lipinski definition) is 1. The van der Waals surface area contributed by atoms with Gasteiger partial charge in [-0.15, -0.1) is 0 Å². The van der Waals surface area contributed by atoms with E-state index in [1.165, 1.54) is 0 Å². The summed E-state index contributed by atoms with van der Waals surface area (Å²) in [6, 6.07) is 8.22. The topological polar surface area (TPSA) is 30.5 Å². The average Bonchev–Trinajstić information content (AvgIpc) is 2.34. The normalized spacial score (nSPS) is 12.5. The minimum atomic E-state index is 0.510. The molecule has 1 N–H and O–H groups in total. The van der Waals surface area contributed by atoms with Gasteiger partial charge in [-0.3, -0.25) is 0 Å². The van der Waals surface area contributed by atoms with Crippen molar-refractivity contribution in [2.45, 2.75) is 26.8 Å². The second-order valence-electron chi connectivity index (χ2n) is 4.49. The van der Waals surface area contributed by atoms with Gasteiger partial charge in [0.1, 0.15) is 6.61 Å². The Hall–Kier alpha value is -1.22. The Labute approximate surface area is 104 Å². The molecule has 0 aliphatic heterocycles. The molecule has 1 atom stereocenters. The number of para-hydroxylation sites is 2. The number of nitrogens with one attached hydrogen (secondary N) is 1. The summed E-state index contributed by atoms with van der Waals surface area (Å²) < 4.78 is 10.9. The zero-order chi connectivity index (χ0) is 12.7. The molecule has 1 aromatic rings. The molecule has 0 aromatic heterocycles. The molecule has 3 heteroatoms. The number of hydrogen-bond acceptors (Lipinski definition) is 3. The van der Waals surface area contributed by atoms with Gasteiger partial charge in [-0.25, -0.2) is 0 Å². The van der Waals surface area contributed by atoms with Crippen LogP contribution in [-0.4, -0.2) is 26.3 Å². The van der Waals surface area contributed by atoms with Crippen LogP contribution < -0.4 is 14.8 Å². The summed E-state index contributed by atoms with van der Waals surface area (Å²) in [5, 5.41) is 3.42. The van der Waals surface area contributed by atoms with Gasteiger partial charge in [-0.2, -0.15) is 0 Å². The van der Waals surface area contributed by atoms with Crippen molar-refractivity contribution in [3.05, 3.63) is 24.3 Å². The fourth-order valence-corrected chi connectivity index (χ4v) is 1.42. The third-order valence-corrected chi connectivity index (χ3v) is 2.90. The summed E-state index contributed by atoms with van der Waals surface area (Å²) >= 11 is 0. The summed E-state index contributed by atoms with van der Waals surface area (Å²) in [5.41, 5.74) is 0. The Morgan fingerprint density at radius 2 is 1.76 bits per heavy atom. The van der Waals surface area contributed by atoms with Crippen molar-refractivity contribution in [2.75, 3.05) is 20.3 Å². The van der Waals surface area contributed by atoms with Crippen LogP contribution in [0.3, 0.4) is 0 Å². The van der Waals surface area contributed by atoms with Gasteiger partial charge in [0.05, 0.1) is 7.11 Å². The number of rotatable bonds is 7. The minimum absolute atomic E-state index is 0.510. The maximum Gasteiger partial charge on any atom is 0.161 e. The Morgan fingerprint density at radius 3 is 2.35 bits per heavy atom. The van der Waals surface area contributed by atoms with Gasteiger partial charge >= 0.3 is 0 Å². The second kappa shape index (κ2) is 7.17. The molecule has 0 fully saturated rings. The van der Waals surface area contributed by atoms with Crippen LogP contribution in [0.1, 0.15) is 20.8 Å². The highest BCUT2D eigenvalue weighted by Crippen LogP contribution is 2.25. The highest BCUT2D eigenvalue weighted by Gasteiger charge is 2.06. The van der Waals surface area contributed by atoms with Crippen molar-refractivity contribution in [2.24, 2.45) is 5.92 Å². The van der Waals surface area contributed by atoms with Crippen molar-refractivity contribution < 1.29 is 9.47 Å². The van der Waals surface area contributed by atoms with E-state index in [4.69, 9.17) is 9.47 Å². The predicted octanol–water partition coefficient (Wildman–Crippen LogP) is 2.71. The molecule has 96 valence electrons. The van der Waals surface area contributed by atoms with Crippen LogP contribution >= 0.6 is 0 Å². The van der Waals surface area contributed by atoms with Crippen molar-refractivity contribution in [3.8, 4) is 11.5 Å². The molecule has 0 saturated carbocycles. The van der Waals surface area contributed by atoms with Gasteiger partial charge in [-0.05, 0) is 25.0 Å². The Morgan fingerprint density at radius 1 is 1.12 bits per heavy atom. The van der Waals surface area contributed by atoms with Crippen molar-refractivity contribution in [1.82, 2.24) is 5.32 Å². The first kappa shape index (κ1) is 13.8. The smallest absolute Gasteiger partial charge is 0.161 e. The lowest BCUT2D eigenvalue weighted by Gasteiger charge is -2.17. The molecule has 0 bridgehead atoms. The van der Waals surface area contributed by atoms with Crippen LogP contribution in [0, 0.1) is 5.92 Å². The van der Waals surface area contributed by atoms with Crippen LogP contribution in [0.4, 0.5) is 0 Å². The molecule has 0 heterocycles. The van der Waals surface area contributed by atoms with Crippen LogP contribution in [0.15, 0.2) is 24.3 Å². The lowest BCUT2D eigenvalue weighted by Crippen LogP contribution is -2.33. The molecule has 1 aromatic carbocycles. The number of benzene rings is 1. The van der Waals surface area contributed by atoms with E-state index < -0.39 is 0 Å². The summed E-state index contributed by atoms with van der Waals surface area (Å²) in [7, 11) is 1.65. The third kappa shape index (κ3) is 4.65. The Kier molecular flexibility index (Phi) is 5.84. The summed E-state index contributed by atoms with van der Waals surface area (Å²) in [4.78, 5) is 0. The minimum Gasteiger partial charge on any atom is -0.493 e. The molecule has 0 saturated heterocycles. The van der Waals surface area contributed by atoms with E-state index in [1.54, 1.807) is 7.11 Å². The maximum absolute atomic E-state index is 5.67. The zero-order valence-corrected chi connectivity index (χ0v) is 11.2. The third-order valence-electron chi connectivity index (χ3n) is 2.90. The van der Waals surface area contributed by atoms with Gasteiger partial charge < -0.3 is 14.8 Å². The second-order valence-corrected chi connectivity index (χ2v) is 4.49. The van der Waals surface area contributed by atoms with Crippen LogP contribution in [-0.2, 0) is 0 Å². The van der Waals surface area contributed by atoms with E-state index in [9.17, 15) is 0 Å². The van der Waals surface area contributed by atoms with E-state index in [2.05, 4.69) is 26.1 Å². The zero-order valence-electron chi connectivity index (χ0n) is 11.2. The average molecular weight is 237 g/mol. The lowest BCUT2D eigenvalue weighted by atomic mass is 10.1. The van der Waals surface area contributed by atoms with Crippen molar-refractivity contribution in [1.29, 1.82) is 0 Å². The first-order valence-electron chi connectivity index (χ1n) is 6.14. The molecule has 17 heavy (non-hydrogen) atoms. The van der Waals surface area contributed by atoms with Gasteiger partial charge in [0, 0.05) is 12.6 Å². The monoisotopic (exact) mass is 237 g/mol. The molecule has 1 unspecified atom stereocenters. The quantitative estimate of drug-likeness (QED) is 0.740. The predicted molar refractivity (Wildman–Crippen MR) is 70.8 cm³/mol. The summed E-state index contributed by atoms with van der Waals surface area (Å²) in [5.74, 6) is 2.22. The van der Waals surface area contributed by atoms with E-state index in [0.29, 0.717) is 18.6 Å². The molecular weight excluding hydrogens is 214 g/mol. The van der Waals surface area contributed by atoms with E-state index in [0.717, 1.165) is 18.0 Å². The molecule has 0 amide bonds. The van der Waals surface area contributed by atoms with Crippen molar-refractivity contribution >= 4 is 0 Å². The van der Waals surface area contributed by atoms with E-state index >= 15 is 0 Å². The SMILES string of the molecule is COc1ccccc1OCCNC(C)C(C)C. The largest absolute Gasteiger partial charge is 0.493 e. The fourth-order valence-electron chi connectivity index (χ4n) is 1.42. The van der Waals surface area contributed by atoms with Crippen LogP contribution in [0.5, 0.6) is 11.5 Å². The van der Waals surface area contributed by atoms with Crippen LogP contribution in [0.2, 0.25) is 0 Å². The van der Waals surface area contributed by atoms with Gasteiger partial charge in [0.15, 0.2) is 11.5 Å². The van der Waals surface area contributed by atoms with E-state index in [-0.39, 0.29) is 0 Å². The molecular formula is C14H23NO2. The first-order valence-corrected chi connectivity index (χ1v) is 6.14. The molecule has 1 rings (SSSR count). The van der Waals surface area contributed by atoms with E-state index in [1.807, 2.05) is 24.3 Å². The van der Waals surface area contributed by atoms with Gasteiger partial charge in [-0.1, -0.05) is 26.0 Å². The summed E-state index contributed by atoms with van der Waals surface area (Å²) in [6.07, 6.45) is 0. The fraction of sp³-hybridized carbons (Fsp3) is 0.571. The first-order chi connectivity index (χ1) is 8.15. The van der Waals surface area contributed by atoms with Gasteiger partial charge in [0.25, 0.3) is 0 Å². The number of ether oxygens (including phenoxy) is 2. The molecule has 0 radical (unpaired) electrons. The lowest BCUT2D eigenvalue weighted by molar-refractivity contribution is 0.280. The summed E-state index contributed by atoms with van der Waals surface area (Å²) in [6.45, 7) is 8.10. The van der Waals surface area contributed by atoms with Crippen molar-refractivity contribution in [3.63, 3.8) is 0 Å². The standard InChI is InChI=1S/C14H23NO2/c1-11(2)12(3)15-9-10-17-14-8-6-5-7-13(14)16-4/h5-8,11-12,15H,9-10H2,1-4H3. The molecule has 0 aliphatic rings. The van der Waals surface area contributed by atoms with Crippen LogP contribution in [0.25, 0.3) is 0 Å². The highest BCUT2D eigenvalue weighted by atomic mass is 16.5.